The second kappa shape index (κ2) is 8.74. The van der Waals surface area contributed by atoms with Crippen molar-refractivity contribution >= 4 is 11.7 Å². The standard InChI is InChI=1S/C23H30N4O/c1-25-14-16-27(17-15-25)23(28)20-8-6-19(7-9-20)21-10-11-22(24-18-21)26-12-4-2-3-5-13-26/h6-11,18H,2-5,12-17H2,1H3. The fourth-order valence-corrected chi connectivity index (χ4v) is 4.04. The minimum Gasteiger partial charge on any atom is -0.357 e. The van der Waals surface area contributed by atoms with E-state index in [9.17, 15) is 4.79 Å². The normalized spacial score (nSPS) is 18.8. The van der Waals surface area contributed by atoms with Gasteiger partial charge >= 0.3 is 0 Å². The molecule has 1 aromatic heterocycles. The summed E-state index contributed by atoms with van der Waals surface area (Å²) in [6.07, 6.45) is 7.12. The zero-order chi connectivity index (χ0) is 19.3. The predicted octanol–water partition coefficient (Wildman–Crippen LogP) is 3.52. The Hall–Kier alpha value is -2.40. The van der Waals surface area contributed by atoms with Gasteiger partial charge in [-0.1, -0.05) is 25.0 Å². The maximum atomic E-state index is 12.7. The van der Waals surface area contributed by atoms with Gasteiger partial charge in [0.25, 0.3) is 5.91 Å². The minimum atomic E-state index is 0.134. The highest BCUT2D eigenvalue weighted by Gasteiger charge is 2.20. The van der Waals surface area contributed by atoms with Crippen molar-refractivity contribution < 1.29 is 4.79 Å². The van der Waals surface area contributed by atoms with Crippen LogP contribution in [-0.2, 0) is 0 Å². The molecule has 5 heteroatoms. The maximum Gasteiger partial charge on any atom is 0.253 e. The van der Waals surface area contributed by atoms with Gasteiger partial charge in [0.1, 0.15) is 5.82 Å². The van der Waals surface area contributed by atoms with Crippen LogP contribution in [0.5, 0.6) is 0 Å². The number of carbonyl (C=O) groups excluding carboxylic acids is 1. The summed E-state index contributed by atoms with van der Waals surface area (Å²) in [6, 6.07) is 12.2. The number of likely N-dealkylation sites (N-methyl/N-ethyl adjacent to an activating group) is 1. The summed E-state index contributed by atoms with van der Waals surface area (Å²) in [6.45, 7) is 5.71. The van der Waals surface area contributed by atoms with Crippen molar-refractivity contribution in [2.45, 2.75) is 25.7 Å². The Kier molecular flexibility index (Phi) is 5.91. The molecule has 28 heavy (non-hydrogen) atoms. The summed E-state index contributed by atoms with van der Waals surface area (Å²) in [5.74, 6) is 1.21. The van der Waals surface area contributed by atoms with Gasteiger partial charge in [0.05, 0.1) is 0 Å². The third-order valence-corrected chi connectivity index (χ3v) is 5.93. The number of hydrogen-bond acceptors (Lipinski definition) is 4. The second-order valence-corrected chi connectivity index (χ2v) is 7.98. The molecule has 0 bridgehead atoms. The first-order valence-electron chi connectivity index (χ1n) is 10.5. The molecule has 3 heterocycles. The van der Waals surface area contributed by atoms with Gasteiger partial charge in [0.15, 0.2) is 0 Å². The van der Waals surface area contributed by atoms with E-state index in [-0.39, 0.29) is 5.91 Å². The van der Waals surface area contributed by atoms with Crippen LogP contribution in [0.15, 0.2) is 42.6 Å². The Balaban J connectivity index is 1.42. The SMILES string of the molecule is CN1CCN(C(=O)c2ccc(-c3ccc(N4CCCCCC4)nc3)cc2)CC1. The number of anilines is 1. The zero-order valence-corrected chi connectivity index (χ0v) is 16.8. The largest absolute Gasteiger partial charge is 0.357 e. The lowest BCUT2D eigenvalue weighted by atomic mass is 10.0. The highest BCUT2D eigenvalue weighted by atomic mass is 16.2. The van der Waals surface area contributed by atoms with Gasteiger partial charge in [0, 0.05) is 56.6 Å². The van der Waals surface area contributed by atoms with Crippen LogP contribution < -0.4 is 4.90 Å². The van der Waals surface area contributed by atoms with Crippen molar-refractivity contribution in [3.8, 4) is 11.1 Å². The topological polar surface area (TPSA) is 39.7 Å². The third-order valence-electron chi connectivity index (χ3n) is 5.93. The fourth-order valence-electron chi connectivity index (χ4n) is 4.04. The summed E-state index contributed by atoms with van der Waals surface area (Å²) >= 11 is 0. The molecular formula is C23H30N4O. The molecule has 2 saturated heterocycles. The predicted molar refractivity (Wildman–Crippen MR) is 114 cm³/mol. The number of amides is 1. The highest BCUT2D eigenvalue weighted by Crippen LogP contribution is 2.23. The summed E-state index contributed by atoms with van der Waals surface area (Å²) in [5.41, 5.74) is 2.96. The van der Waals surface area contributed by atoms with Crippen molar-refractivity contribution in [3.05, 3.63) is 48.2 Å². The Labute approximate surface area is 168 Å². The van der Waals surface area contributed by atoms with Gasteiger partial charge in [-0.25, -0.2) is 4.98 Å². The lowest BCUT2D eigenvalue weighted by molar-refractivity contribution is 0.0664. The molecule has 0 saturated carbocycles. The van der Waals surface area contributed by atoms with Crippen molar-refractivity contribution in [3.63, 3.8) is 0 Å². The molecule has 1 amide bonds. The third kappa shape index (κ3) is 4.36. The average molecular weight is 379 g/mol. The molecule has 0 aliphatic carbocycles. The first kappa shape index (κ1) is 18.9. The number of pyridine rings is 1. The molecule has 148 valence electrons. The summed E-state index contributed by atoms with van der Waals surface area (Å²) in [4.78, 5) is 24.0. The number of rotatable bonds is 3. The molecule has 0 atom stereocenters. The van der Waals surface area contributed by atoms with Crippen LogP contribution in [0.1, 0.15) is 36.0 Å². The van der Waals surface area contributed by atoms with Crippen LogP contribution in [-0.4, -0.2) is 67.0 Å². The molecule has 2 aliphatic heterocycles. The van der Waals surface area contributed by atoms with Crippen molar-refractivity contribution in [1.82, 2.24) is 14.8 Å². The summed E-state index contributed by atoms with van der Waals surface area (Å²) < 4.78 is 0. The van der Waals surface area contributed by atoms with Gasteiger partial charge in [-0.15, -0.1) is 0 Å². The molecular weight excluding hydrogens is 348 g/mol. The first-order valence-corrected chi connectivity index (χ1v) is 10.5. The molecule has 2 aliphatic rings. The Morgan fingerprint density at radius 1 is 0.786 bits per heavy atom. The number of benzene rings is 1. The van der Waals surface area contributed by atoms with E-state index in [1.807, 2.05) is 35.4 Å². The van der Waals surface area contributed by atoms with E-state index in [0.29, 0.717) is 0 Å². The second-order valence-electron chi connectivity index (χ2n) is 7.98. The molecule has 0 N–H and O–H groups in total. The van der Waals surface area contributed by atoms with Crippen LogP contribution in [0.25, 0.3) is 11.1 Å². The Bertz CT molecular complexity index is 771. The lowest BCUT2D eigenvalue weighted by Gasteiger charge is -2.32. The number of nitrogens with zero attached hydrogens (tertiary/aromatic N) is 4. The monoisotopic (exact) mass is 378 g/mol. The van der Waals surface area contributed by atoms with E-state index in [0.717, 1.165) is 61.8 Å². The number of carbonyl (C=O) groups is 1. The summed E-state index contributed by atoms with van der Waals surface area (Å²) in [7, 11) is 2.10. The van der Waals surface area contributed by atoms with E-state index >= 15 is 0 Å². The lowest BCUT2D eigenvalue weighted by Crippen LogP contribution is -2.47. The quantitative estimate of drug-likeness (QED) is 0.819. The van der Waals surface area contributed by atoms with E-state index in [1.165, 1.54) is 25.7 Å². The van der Waals surface area contributed by atoms with Gasteiger partial charge in [-0.05, 0) is 49.7 Å². The number of hydrogen-bond donors (Lipinski definition) is 0. The van der Waals surface area contributed by atoms with Crippen LogP contribution in [0.3, 0.4) is 0 Å². The molecule has 4 rings (SSSR count). The number of aromatic nitrogens is 1. The molecule has 0 unspecified atom stereocenters. The Morgan fingerprint density at radius 3 is 2.04 bits per heavy atom. The fraction of sp³-hybridized carbons (Fsp3) is 0.478. The van der Waals surface area contributed by atoms with Gasteiger partial charge < -0.3 is 14.7 Å². The molecule has 1 aromatic carbocycles. The van der Waals surface area contributed by atoms with Crippen LogP contribution in [0.2, 0.25) is 0 Å². The van der Waals surface area contributed by atoms with E-state index in [4.69, 9.17) is 4.98 Å². The molecule has 2 fully saturated rings. The van der Waals surface area contributed by atoms with Crippen molar-refractivity contribution in [2.24, 2.45) is 0 Å². The van der Waals surface area contributed by atoms with Gasteiger partial charge in [-0.3, -0.25) is 4.79 Å². The van der Waals surface area contributed by atoms with E-state index in [1.54, 1.807) is 0 Å². The minimum absolute atomic E-state index is 0.134. The van der Waals surface area contributed by atoms with Crippen molar-refractivity contribution in [2.75, 3.05) is 51.2 Å². The highest BCUT2D eigenvalue weighted by molar-refractivity contribution is 5.94. The molecule has 2 aromatic rings. The van der Waals surface area contributed by atoms with Gasteiger partial charge in [-0.2, -0.15) is 0 Å². The van der Waals surface area contributed by atoms with E-state index < -0.39 is 0 Å². The molecule has 0 radical (unpaired) electrons. The van der Waals surface area contributed by atoms with Crippen LogP contribution in [0.4, 0.5) is 5.82 Å². The first-order chi connectivity index (χ1) is 13.7. The van der Waals surface area contributed by atoms with Crippen LogP contribution in [0, 0.1) is 0 Å². The zero-order valence-electron chi connectivity index (χ0n) is 16.8. The average Bonchev–Trinajstić information content (AvgIpc) is 3.04. The van der Waals surface area contributed by atoms with Crippen LogP contribution >= 0.6 is 0 Å². The van der Waals surface area contributed by atoms with Gasteiger partial charge in [0.2, 0.25) is 0 Å². The maximum absolute atomic E-state index is 12.7. The number of piperazine rings is 1. The van der Waals surface area contributed by atoms with Crippen molar-refractivity contribution in [1.29, 1.82) is 0 Å². The Morgan fingerprint density at radius 2 is 1.43 bits per heavy atom. The smallest absolute Gasteiger partial charge is 0.253 e. The molecule has 0 spiro atoms. The van der Waals surface area contributed by atoms with E-state index in [2.05, 4.69) is 29.0 Å². The molecule has 5 nitrogen and oxygen atoms in total. The summed E-state index contributed by atoms with van der Waals surface area (Å²) in [5, 5.41) is 0.